The first-order chi connectivity index (χ1) is 9.39. The minimum Gasteiger partial charge on any atom is -0.747 e. The van der Waals surface area contributed by atoms with Crippen LogP contribution in [-0.4, -0.2) is 24.2 Å². The summed E-state index contributed by atoms with van der Waals surface area (Å²) in [5, 5.41) is 8.66. The third-order valence-electron chi connectivity index (χ3n) is 3.43. The van der Waals surface area contributed by atoms with Crippen molar-refractivity contribution < 1.29 is 52.4 Å². The molecule has 0 rings (SSSR count). The van der Waals surface area contributed by atoms with Gasteiger partial charge in [0.2, 0.25) is 0 Å². The molecule has 0 aliphatic carbocycles. The van der Waals surface area contributed by atoms with Gasteiger partial charge in [-0.3, -0.25) is 0 Å². The van der Waals surface area contributed by atoms with Crippen LogP contribution in [0.4, 0.5) is 0 Å². The molecule has 0 bridgehead atoms. The molecule has 5 nitrogen and oxygen atoms in total. The predicted octanol–water partition coefficient (Wildman–Crippen LogP) is -1.03. The van der Waals surface area contributed by atoms with Crippen molar-refractivity contribution in [3.05, 3.63) is 0 Å². The molecule has 0 amide bonds. The average molecular weight is 329 g/mol. The summed E-state index contributed by atoms with van der Waals surface area (Å²) in [6.45, 7) is 2.18. The largest absolute Gasteiger partial charge is 1.00 e. The normalized spacial score (nSPS) is 12.7. The summed E-state index contributed by atoms with van der Waals surface area (Å²) >= 11 is 0. The molecule has 0 N–H and O–H groups in total. The van der Waals surface area contributed by atoms with E-state index in [0.717, 1.165) is 25.7 Å². The van der Waals surface area contributed by atoms with Gasteiger partial charge in [-0.25, -0.2) is 8.42 Å². The standard InChI is InChI=1S/C14H28O5S.Na/c1-2-3-4-5-6-7-8-9-10-11-12-13(14(15)16)20(17,18)19;/h13H,2-12H2,1H3,(H,15,16)(H,17,18,19);/q;+1/p-2. The second-order valence-electron chi connectivity index (χ2n) is 5.27. The van der Waals surface area contributed by atoms with Gasteiger partial charge in [-0.05, 0) is 6.42 Å². The predicted molar refractivity (Wildman–Crippen MR) is 75.0 cm³/mol. The summed E-state index contributed by atoms with van der Waals surface area (Å²) in [6.07, 6.45) is 10.5. The molecule has 0 saturated heterocycles. The molecule has 0 saturated carbocycles. The van der Waals surface area contributed by atoms with E-state index in [2.05, 4.69) is 6.92 Å². The van der Waals surface area contributed by atoms with Crippen LogP contribution in [0.3, 0.4) is 0 Å². The van der Waals surface area contributed by atoms with E-state index in [-0.39, 0.29) is 36.0 Å². The zero-order valence-electron chi connectivity index (χ0n) is 13.3. The summed E-state index contributed by atoms with van der Waals surface area (Å²) in [4.78, 5) is 10.5. The smallest absolute Gasteiger partial charge is 0.747 e. The molecule has 120 valence electrons. The molecule has 0 aliphatic rings. The number of rotatable bonds is 13. The molecule has 0 aliphatic heterocycles. The van der Waals surface area contributed by atoms with Gasteiger partial charge in [-0.1, -0.05) is 71.1 Å². The summed E-state index contributed by atoms with van der Waals surface area (Å²) in [7, 11) is -4.79. The monoisotopic (exact) mass is 329 g/mol. The number of carboxylic acid groups (broad SMARTS) is 1. The first-order valence-corrected chi connectivity index (χ1v) is 9.02. The van der Waals surface area contributed by atoms with Crippen LogP contribution in [0.1, 0.15) is 77.6 Å². The minimum atomic E-state index is -4.79. The number of carboxylic acids is 1. The summed E-state index contributed by atoms with van der Waals surface area (Å²) in [6, 6.07) is 0. The van der Waals surface area contributed by atoms with E-state index in [9.17, 15) is 22.9 Å². The fourth-order valence-corrected chi connectivity index (χ4v) is 2.89. The Balaban J connectivity index is 0. The second-order valence-corrected chi connectivity index (χ2v) is 6.83. The van der Waals surface area contributed by atoms with Crippen LogP contribution in [0.2, 0.25) is 0 Å². The zero-order valence-corrected chi connectivity index (χ0v) is 16.1. The fourth-order valence-electron chi connectivity index (χ4n) is 2.20. The summed E-state index contributed by atoms with van der Waals surface area (Å²) < 4.78 is 32.1. The van der Waals surface area contributed by atoms with Crippen LogP contribution in [0, 0.1) is 0 Å². The maximum atomic E-state index is 10.7. The van der Waals surface area contributed by atoms with Gasteiger partial charge < -0.3 is 14.5 Å². The van der Waals surface area contributed by atoms with Crippen LogP contribution >= 0.6 is 0 Å². The van der Waals surface area contributed by atoms with Crippen LogP contribution in [0.25, 0.3) is 0 Å². The summed E-state index contributed by atoms with van der Waals surface area (Å²) in [5.74, 6) is -1.78. The van der Waals surface area contributed by atoms with Gasteiger partial charge in [0.15, 0.2) is 0 Å². The molecule has 0 spiro atoms. The Kier molecular flexibility index (Phi) is 15.8. The quantitative estimate of drug-likeness (QED) is 0.244. The van der Waals surface area contributed by atoms with E-state index in [1.165, 1.54) is 32.1 Å². The Bertz CT molecular complexity index is 356. The van der Waals surface area contributed by atoms with Crippen molar-refractivity contribution in [3.8, 4) is 0 Å². The number of carbonyl (C=O) groups excluding carboxylic acids is 1. The van der Waals surface area contributed by atoms with Crippen molar-refractivity contribution >= 4 is 16.1 Å². The Labute approximate surface area is 150 Å². The summed E-state index contributed by atoms with van der Waals surface area (Å²) in [5.41, 5.74) is 0. The third-order valence-corrected chi connectivity index (χ3v) is 4.56. The van der Waals surface area contributed by atoms with Crippen LogP contribution in [-0.2, 0) is 14.9 Å². The minimum absolute atomic E-state index is 0. The average Bonchev–Trinajstić information content (AvgIpc) is 2.34. The number of unbranched alkanes of at least 4 members (excludes halogenated alkanes) is 9. The van der Waals surface area contributed by atoms with Crippen molar-refractivity contribution in [2.45, 2.75) is 82.8 Å². The van der Waals surface area contributed by atoms with E-state index in [4.69, 9.17) is 0 Å². The molecular weight excluding hydrogens is 303 g/mol. The maximum Gasteiger partial charge on any atom is 1.00 e. The van der Waals surface area contributed by atoms with Gasteiger partial charge in [0.05, 0.1) is 11.2 Å². The fraction of sp³-hybridized carbons (Fsp3) is 0.929. The molecule has 0 radical (unpaired) electrons. The topological polar surface area (TPSA) is 97.3 Å². The second kappa shape index (κ2) is 14.0. The first kappa shape index (κ1) is 23.6. The van der Waals surface area contributed by atoms with E-state index in [1.54, 1.807) is 0 Å². The van der Waals surface area contributed by atoms with Gasteiger partial charge in [-0.15, -0.1) is 0 Å². The number of hydrogen-bond donors (Lipinski definition) is 0. The number of hydrogen-bond acceptors (Lipinski definition) is 5. The van der Waals surface area contributed by atoms with Gasteiger partial charge in [0, 0.05) is 0 Å². The van der Waals surface area contributed by atoms with Crippen molar-refractivity contribution in [2.75, 3.05) is 0 Å². The third kappa shape index (κ3) is 13.7. The molecule has 0 aromatic heterocycles. The van der Waals surface area contributed by atoms with Gasteiger partial charge >= 0.3 is 29.6 Å². The van der Waals surface area contributed by atoms with Crippen molar-refractivity contribution in [1.82, 2.24) is 0 Å². The molecule has 1 atom stereocenters. The van der Waals surface area contributed by atoms with Crippen LogP contribution < -0.4 is 34.7 Å². The van der Waals surface area contributed by atoms with Gasteiger partial charge in [-0.2, -0.15) is 0 Å². The Morgan fingerprint density at radius 3 is 1.62 bits per heavy atom. The number of carbonyl (C=O) groups is 1. The Morgan fingerprint density at radius 1 is 0.905 bits per heavy atom. The molecule has 0 aromatic carbocycles. The maximum absolute atomic E-state index is 10.7. The Morgan fingerprint density at radius 2 is 1.29 bits per heavy atom. The van der Waals surface area contributed by atoms with E-state index >= 15 is 0 Å². The first-order valence-electron chi connectivity index (χ1n) is 7.55. The molecule has 21 heavy (non-hydrogen) atoms. The SMILES string of the molecule is CCCCCCCCCCCCC(C(=O)[O-])S(=O)(=O)[O-].[Na+]. The molecular formula is C14H26NaO5S-. The van der Waals surface area contributed by atoms with Gasteiger partial charge in [0.1, 0.15) is 10.1 Å². The van der Waals surface area contributed by atoms with Crippen molar-refractivity contribution in [3.63, 3.8) is 0 Å². The zero-order chi connectivity index (χ0) is 15.4. The molecule has 0 aromatic rings. The van der Waals surface area contributed by atoms with E-state index in [1.807, 2.05) is 0 Å². The number of aliphatic carboxylic acids is 1. The van der Waals surface area contributed by atoms with E-state index in [0.29, 0.717) is 6.42 Å². The van der Waals surface area contributed by atoms with Crippen LogP contribution in [0.15, 0.2) is 0 Å². The molecule has 0 fully saturated rings. The Hall–Kier alpha value is 0.380. The molecule has 0 heterocycles. The molecule has 7 heteroatoms. The van der Waals surface area contributed by atoms with E-state index < -0.39 is 21.3 Å². The molecule has 1 unspecified atom stereocenters. The van der Waals surface area contributed by atoms with Gasteiger partial charge in [0.25, 0.3) is 0 Å². The van der Waals surface area contributed by atoms with Crippen molar-refractivity contribution in [2.24, 2.45) is 0 Å². The van der Waals surface area contributed by atoms with Crippen LogP contribution in [0.5, 0.6) is 0 Å². The van der Waals surface area contributed by atoms with Crippen molar-refractivity contribution in [1.29, 1.82) is 0 Å².